The second kappa shape index (κ2) is 7.79. The van der Waals surface area contributed by atoms with E-state index in [2.05, 4.69) is 58.7 Å². The average Bonchev–Trinajstić information content (AvgIpc) is 3.00. The summed E-state index contributed by atoms with van der Waals surface area (Å²) in [5.41, 5.74) is 3.67. The molecular weight excluding hydrogens is 286 g/mol. The van der Waals surface area contributed by atoms with Gasteiger partial charge in [-0.25, -0.2) is 0 Å². The SMILES string of the molecule is CN1CCN=C1NCc1ccccc1COCc1ccccc1. The Hall–Kier alpha value is -2.33. The van der Waals surface area contributed by atoms with Gasteiger partial charge in [-0.2, -0.15) is 0 Å². The molecule has 2 aromatic rings. The molecule has 1 aliphatic rings. The Morgan fingerprint density at radius 2 is 1.74 bits per heavy atom. The molecule has 4 heteroatoms. The minimum absolute atomic E-state index is 0.620. The lowest BCUT2D eigenvalue weighted by atomic mass is 10.1. The Morgan fingerprint density at radius 1 is 1.00 bits per heavy atom. The highest BCUT2D eigenvalue weighted by atomic mass is 16.5. The van der Waals surface area contributed by atoms with Gasteiger partial charge in [-0.3, -0.25) is 4.99 Å². The van der Waals surface area contributed by atoms with Crippen molar-refractivity contribution in [1.29, 1.82) is 0 Å². The van der Waals surface area contributed by atoms with Gasteiger partial charge >= 0.3 is 0 Å². The van der Waals surface area contributed by atoms with E-state index in [9.17, 15) is 0 Å². The Morgan fingerprint density at radius 3 is 2.48 bits per heavy atom. The monoisotopic (exact) mass is 309 g/mol. The lowest BCUT2D eigenvalue weighted by molar-refractivity contribution is 0.106. The summed E-state index contributed by atoms with van der Waals surface area (Å²) in [6.07, 6.45) is 0. The molecule has 0 saturated heterocycles. The first-order chi connectivity index (χ1) is 11.3. The number of hydrogen-bond donors (Lipinski definition) is 1. The van der Waals surface area contributed by atoms with Crippen molar-refractivity contribution in [2.75, 3.05) is 20.1 Å². The predicted molar refractivity (Wildman–Crippen MR) is 93.1 cm³/mol. The van der Waals surface area contributed by atoms with Crippen LogP contribution >= 0.6 is 0 Å². The van der Waals surface area contributed by atoms with E-state index in [-0.39, 0.29) is 0 Å². The number of guanidine groups is 1. The molecule has 0 atom stereocenters. The Kier molecular flexibility index (Phi) is 5.27. The molecule has 2 aromatic carbocycles. The molecule has 4 nitrogen and oxygen atoms in total. The number of ether oxygens (including phenoxy) is 1. The molecular formula is C19H23N3O. The van der Waals surface area contributed by atoms with Crippen LogP contribution < -0.4 is 5.32 Å². The fourth-order valence-electron chi connectivity index (χ4n) is 2.62. The molecule has 0 bridgehead atoms. The van der Waals surface area contributed by atoms with E-state index in [0.29, 0.717) is 13.2 Å². The highest BCUT2D eigenvalue weighted by molar-refractivity contribution is 5.81. The quantitative estimate of drug-likeness (QED) is 0.891. The van der Waals surface area contributed by atoms with Gasteiger partial charge in [0.2, 0.25) is 0 Å². The summed E-state index contributed by atoms with van der Waals surface area (Å²) in [4.78, 5) is 6.61. The van der Waals surface area contributed by atoms with Crippen molar-refractivity contribution >= 4 is 5.96 Å². The lowest BCUT2D eigenvalue weighted by Gasteiger charge is -2.16. The Bertz CT molecular complexity index is 655. The minimum atomic E-state index is 0.620. The topological polar surface area (TPSA) is 36.9 Å². The predicted octanol–water partition coefficient (Wildman–Crippen LogP) is 2.79. The molecule has 0 spiro atoms. The zero-order valence-corrected chi connectivity index (χ0v) is 13.5. The van der Waals surface area contributed by atoms with Crippen LogP contribution in [0.4, 0.5) is 0 Å². The van der Waals surface area contributed by atoms with Gasteiger partial charge in [-0.05, 0) is 16.7 Å². The Labute approximate surface area is 137 Å². The van der Waals surface area contributed by atoms with Crippen LogP contribution in [0, 0.1) is 0 Å². The maximum absolute atomic E-state index is 5.87. The van der Waals surface area contributed by atoms with Crippen molar-refractivity contribution in [1.82, 2.24) is 10.2 Å². The third-order valence-electron chi connectivity index (χ3n) is 3.98. The van der Waals surface area contributed by atoms with Gasteiger partial charge in [-0.1, -0.05) is 54.6 Å². The maximum atomic E-state index is 5.87. The molecule has 0 saturated carbocycles. The normalized spacial score (nSPS) is 14.0. The molecule has 0 fully saturated rings. The van der Waals surface area contributed by atoms with Gasteiger partial charge in [0.15, 0.2) is 5.96 Å². The lowest BCUT2D eigenvalue weighted by Crippen LogP contribution is -2.35. The van der Waals surface area contributed by atoms with Crippen LogP contribution in [0.15, 0.2) is 59.6 Å². The largest absolute Gasteiger partial charge is 0.372 e. The number of benzene rings is 2. The van der Waals surface area contributed by atoms with E-state index in [4.69, 9.17) is 4.74 Å². The molecule has 0 radical (unpaired) electrons. The van der Waals surface area contributed by atoms with E-state index in [1.165, 1.54) is 16.7 Å². The van der Waals surface area contributed by atoms with E-state index >= 15 is 0 Å². The number of aliphatic imine (C=N–C) groups is 1. The highest BCUT2D eigenvalue weighted by Crippen LogP contribution is 2.12. The molecule has 0 amide bonds. The first kappa shape index (κ1) is 15.6. The van der Waals surface area contributed by atoms with Gasteiger partial charge in [0.25, 0.3) is 0 Å². The molecule has 3 rings (SSSR count). The zero-order valence-electron chi connectivity index (χ0n) is 13.5. The summed E-state index contributed by atoms with van der Waals surface area (Å²) in [5, 5.41) is 3.42. The van der Waals surface area contributed by atoms with Crippen molar-refractivity contribution < 1.29 is 4.74 Å². The third-order valence-corrected chi connectivity index (χ3v) is 3.98. The summed E-state index contributed by atoms with van der Waals surface area (Å²) >= 11 is 0. The van der Waals surface area contributed by atoms with E-state index < -0.39 is 0 Å². The fraction of sp³-hybridized carbons (Fsp3) is 0.316. The summed E-state index contributed by atoms with van der Waals surface area (Å²) in [7, 11) is 2.06. The van der Waals surface area contributed by atoms with E-state index in [1.54, 1.807) is 0 Å². The van der Waals surface area contributed by atoms with Crippen molar-refractivity contribution in [3.63, 3.8) is 0 Å². The Balaban J connectivity index is 1.55. The summed E-state index contributed by atoms with van der Waals surface area (Å²) in [5.74, 6) is 0.977. The average molecular weight is 309 g/mol. The second-order valence-electron chi connectivity index (χ2n) is 5.73. The van der Waals surface area contributed by atoms with E-state index in [0.717, 1.165) is 25.6 Å². The first-order valence-electron chi connectivity index (χ1n) is 8.01. The van der Waals surface area contributed by atoms with Gasteiger partial charge in [0, 0.05) is 20.1 Å². The molecule has 0 aromatic heterocycles. The van der Waals surface area contributed by atoms with Gasteiger partial charge in [-0.15, -0.1) is 0 Å². The number of hydrogen-bond acceptors (Lipinski definition) is 4. The fourth-order valence-corrected chi connectivity index (χ4v) is 2.62. The van der Waals surface area contributed by atoms with Crippen LogP contribution in [0.1, 0.15) is 16.7 Å². The van der Waals surface area contributed by atoms with Crippen molar-refractivity contribution in [3.8, 4) is 0 Å². The molecule has 1 aliphatic heterocycles. The summed E-state index contributed by atoms with van der Waals surface area (Å²) < 4.78 is 5.87. The van der Waals surface area contributed by atoms with Crippen LogP contribution in [-0.4, -0.2) is 31.0 Å². The third kappa shape index (κ3) is 4.33. The molecule has 0 unspecified atom stereocenters. The van der Waals surface area contributed by atoms with Gasteiger partial charge in [0.05, 0.1) is 19.8 Å². The standard InChI is InChI=1S/C19H23N3O/c1-22-12-11-20-19(22)21-13-17-9-5-6-10-18(17)15-23-14-16-7-3-2-4-8-16/h2-10H,11-15H2,1H3,(H,20,21). The van der Waals surface area contributed by atoms with E-state index in [1.807, 2.05) is 18.2 Å². The van der Waals surface area contributed by atoms with Gasteiger partial charge in [0.1, 0.15) is 0 Å². The number of likely N-dealkylation sites (N-methyl/N-ethyl adjacent to an activating group) is 1. The van der Waals surface area contributed by atoms with Gasteiger partial charge < -0.3 is 15.0 Å². The minimum Gasteiger partial charge on any atom is -0.372 e. The second-order valence-corrected chi connectivity index (χ2v) is 5.73. The number of nitrogens with one attached hydrogen (secondary N) is 1. The zero-order chi connectivity index (χ0) is 15.9. The molecule has 1 heterocycles. The summed E-state index contributed by atoms with van der Waals surface area (Å²) in [6.45, 7) is 3.89. The van der Waals surface area contributed by atoms with Crippen molar-refractivity contribution in [2.24, 2.45) is 4.99 Å². The molecule has 23 heavy (non-hydrogen) atoms. The molecule has 0 aliphatic carbocycles. The highest BCUT2D eigenvalue weighted by Gasteiger charge is 2.12. The van der Waals surface area contributed by atoms with Crippen LogP contribution in [0.25, 0.3) is 0 Å². The number of nitrogens with zero attached hydrogens (tertiary/aromatic N) is 2. The number of rotatable bonds is 6. The molecule has 1 N–H and O–H groups in total. The van der Waals surface area contributed by atoms with Crippen molar-refractivity contribution in [3.05, 3.63) is 71.3 Å². The van der Waals surface area contributed by atoms with Crippen LogP contribution in [-0.2, 0) is 24.5 Å². The van der Waals surface area contributed by atoms with Crippen LogP contribution in [0.2, 0.25) is 0 Å². The van der Waals surface area contributed by atoms with Crippen LogP contribution in [0.3, 0.4) is 0 Å². The maximum Gasteiger partial charge on any atom is 0.194 e. The smallest absolute Gasteiger partial charge is 0.194 e. The first-order valence-corrected chi connectivity index (χ1v) is 8.01. The summed E-state index contributed by atoms with van der Waals surface area (Å²) in [6, 6.07) is 18.7. The van der Waals surface area contributed by atoms with Crippen molar-refractivity contribution in [2.45, 2.75) is 19.8 Å². The molecule has 120 valence electrons. The van der Waals surface area contributed by atoms with Crippen LogP contribution in [0.5, 0.6) is 0 Å².